The van der Waals surface area contributed by atoms with Crippen LogP contribution in [0.2, 0.25) is 0 Å². The second kappa shape index (κ2) is 7.24. The van der Waals surface area contributed by atoms with Gasteiger partial charge in [-0.2, -0.15) is 0 Å². The summed E-state index contributed by atoms with van der Waals surface area (Å²) >= 11 is 0. The lowest BCUT2D eigenvalue weighted by molar-refractivity contribution is -0.139. The van der Waals surface area contributed by atoms with E-state index in [0.29, 0.717) is 11.9 Å². The molecule has 1 aliphatic carbocycles. The molecule has 2 fully saturated rings. The Morgan fingerprint density at radius 3 is 2.46 bits per heavy atom. The van der Waals surface area contributed by atoms with Gasteiger partial charge in [-0.1, -0.05) is 24.3 Å². The number of hydrogen-bond acceptors (Lipinski definition) is 3. The highest BCUT2D eigenvalue weighted by atomic mass is 16.5. The number of morpholine rings is 1. The number of carbonyl (C=O) groups excluding carboxylic acids is 1. The van der Waals surface area contributed by atoms with E-state index in [-0.39, 0.29) is 5.92 Å². The van der Waals surface area contributed by atoms with Gasteiger partial charge in [-0.25, -0.2) is 0 Å². The molecule has 0 spiro atoms. The lowest BCUT2D eigenvalue weighted by Crippen LogP contribution is -2.52. The maximum Gasteiger partial charge on any atom is 0.226 e. The summed E-state index contributed by atoms with van der Waals surface area (Å²) in [5.41, 5.74) is 2.75. The largest absolute Gasteiger partial charge is 0.379 e. The standard InChI is InChI=1S/C20H28N2O2/c23-20(18-13-16-5-1-2-6-17(16)14-18)22-8-4-3-7-19(22)15-21-9-11-24-12-10-21/h1-2,5-6,18-19H,3-4,7-15H2. The van der Waals surface area contributed by atoms with Crippen LogP contribution in [-0.2, 0) is 22.4 Å². The summed E-state index contributed by atoms with van der Waals surface area (Å²) in [4.78, 5) is 17.9. The first-order chi connectivity index (χ1) is 11.8. The van der Waals surface area contributed by atoms with Gasteiger partial charge in [-0.05, 0) is 43.2 Å². The van der Waals surface area contributed by atoms with Gasteiger partial charge in [0.1, 0.15) is 0 Å². The zero-order valence-corrected chi connectivity index (χ0v) is 14.5. The number of fused-ring (bicyclic) bond motifs is 1. The molecule has 0 saturated carbocycles. The molecule has 4 nitrogen and oxygen atoms in total. The zero-order chi connectivity index (χ0) is 16.4. The minimum Gasteiger partial charge on any atom is -0.379 e. The quantitative estimate of drug-likeness (QED) is 0.852. The number of likely N-dealkylation sites (tertiary alicyclic amines) is 1. The molecule has 1 aromatic carbocycles. The highest BCUT2D eigenvalue weighted by Crippen LogP contribution is 2.30. The first-order valence-corrected chi connectivity index (χ1v) is 9.48. The summed E-state index contributed by atoms with van der Waals surface area (Å²) in [6.07, 6.45) is 5.42. The Morgan fingerprint density at radius 2 is 1.75 bits per heavy atom. The van der Waals surface area contributed by atoms with Crippen molar-refractivity contribution in [2.24, 2.45) is 5.92 Å². The topological polar surface area (TPSA) is 32.8 Å². The predicted molar refractivity (Wildman–Crippen MR) is 94.0 cm³/mol. The van der Waals surface area contributed by atoms with Crippen molar-refractivity contribution < 1.29 is 9.53 Å². The predicted octanol–water partition coefficient (Wildman–Crippen LogP) is 2.11. The van der Waals surface area contributed by atoms with Crippen molar-refractivity contribution in [1.82, 2.24) is 9.80 Å². The maximum absolute atomic E-state index is 13.2. The second-order valence-corrected chi connectivity index (χ2v) is 7.47. The van der Waals surface area contributed by atoms with Crippen LogP contribution in [0, 0.1) is 5.92 Å². The molecule has 1 amide bonds. The van der Waals surface area contributed by atoms with E-state index in [1.165, 1.54) is 17.5 Å². The lowest BCUT2D eigenvalue weighted by Gasteiger charge is -2.40. The van der Waals surface area contributed by atoms with Crippen LogP contribution in [0.3, 0.4) is 0 Å². The second-order valence-electron chi connectivity index (χ2n) is 7.47. The van der Waals surface area contributed by atoms with E-state index in [0.717, 1.165) is 65.1 Å². The van der Waals surface area contributed by atoms with Crippen molar-refractivity contribution in [2.75, 3.05) is 39.4 Å². The van der Waals surface area contributed by atoms with Crippen molar-refractivity contribution in [3.05, 3.63) is 35.4 Å². The number of amides is 1. The monoisotopic (exact) mass is 328 g/mol. The van der Waals surface area contributed by atoms with E-state index in [1.54, 1.807) is 0 Å². The third kappa shape index (κ3) is 3.35. The minimum atomic E-state index is 0.160. The summed E-state index contributed by atoms with van der Waals surface area (Å²) in [6, 6.07) is 8.95. The Kier molecular flexibility index (Phi) is 4.86. The molecule has 1 atom stereocenters. The van der Waals surface area contributed by atoms with Crippen LogP contribution >= 0.6 is 0 Å². The van der Waals surface area contributed by atoms with Crippen LogP contribution < -0.4 is 0 Å². The average molecular weight is 328 g/mol. The molecule has 0 aromatic heterocycles. The molecule has 4 heteroatoms. The van der Waals surface area contributed by atoms with Crippen LogP contribution in [0.5, 0.6) is 0 Å². The van der Waals surface area contributed by atoms with Crippen LogP contribution in [0.1, 0.15) is 30.4 Å². The summed E-state index contributed by atoms with van der Waals surface area (Å²) in [6.45, 7) is 5.65. The number of rotatable bonds is 3. The molecule has 24 heavy (non-hydrogen) atoms. The van der Waals surface area contributed by atoms with Gasteiger partial charge in [0.05, 0.1) is 13.2 Å². The zero-order valence-electron chi connectivity index (χ0n) is 14.5. The molecule has 1 aromatic rings. The lowest BCUT2D eigenvalue weighted by atomic mass is 9.97. The Bertz CT molecular complexity index is 558. The Hall–Kier alpha value is -1.39. The first-order valence-electron chi connectivity index (χ1n) is 9.48. The third-order valence-electron chi connectivity index (χ3n) is 5.88. The third-order valence-corrected chi connectivity index (χ3v) is 5.88. The van der Waals surface area contributed by atoms with Gasteiger partial charge >= 0.3 is 0 Å². The van der Waals surface area contributed by atoms with E-state index < -0.39 is 0 Å². The Morgan fingerprint density at radius 1 is 1.04 bits per heavy atom. The van der Waals surface area contributed by atoms with E-state index >= 15 is 0 Å². The molecular weight excluding hydrogens is 300 g/mol. The van der Waals surface area contributed by atoms with Crippen LogP contribution in [0.4, 0.5) is 0 Å². The number of carbonyl (C=O) groups is 1. The molecular formula is C20H28N2O2. The maximum atomic E-state index is 13.2. The Labute approximate surface area is 144 Å². The van der Waals surface area contributed by atoms with E-state index in [1.807, 2.05) is 0 Å². The van der Waals surface area contributed by atoms with Gasteiger partial charge in [0.25, 0.3) is 0 Å². The van der Waals surface area contributed by atoms with Gasteiger partial charge in [-0.3, -0.25) is 9.69 Å². The van der Waals surface area contributed by atoms with Crippen molar-refractivity contribution >= 4 is 5.91 Å². The molecule has 130 valence electrons. The number of benzene rings is 1. The summed E-state index contributed by atoms with van der Waals surface area (Å²) in [7, 11) is 0. The van der Waals surface area contributed by atoms with Crippen molar-refractivity contribution in [3.8, 4) is 0 Å². The van der Waals surface area contributed by atoms with Crippen LogP contribution in [0.25, 0.3) is 0 Å². The summed E-state index contributed by atoms with van der Waals surface area (Å²) < 4.78 is 5.46. The number of nitrogens with zero attached hydrogens (tertiary/aromatic N) is 2. The highest BCUT2D eigenvalue weighted by Gasteiger charge is 2.35. The molecule has 2 heterocycles. The van der Waals surface area contributed by atoms with E-state index in [2.05, 4.69) is 34.1 Å². The smallest absolute Gasteiger partial charge is 0.226 e. The summed E-state index contributed by atoms with van der Waals surface area (Å²) in [5, 5.41) is 0. The van der Waals surface area contributed by atoms with Gasteiger partial charge < -0.3 is 9.64 Å². The number of hydrogen-bond donors (Lipinski definition) is 0. The fourth-order valence-electron chi connectivity index (χ4n) is 4.53. The number of ether oxygens (including phenoxy) is 1. The highest BCUT2D eigenvalue weighted by molar-refractivity contribution is 5.81. The van der Waals surface area contributed by atoms with Crippen molar-refractivity contribution in [3.63, 3.8) is 0 Å². The normalized spacial score (nSPS) is 25.7. The Balaban J connectivity index is 1.42. The first kappa shape index (κ1) is 16.1. The van der Waals surface area contributed by atoms with Gasteiger partial charge in [0.2, 0.25) is 5.91 Å². The fraction of sp³-hybridized carbons (Fsp3) is 0.650. The minimum absolute atomic E-state index is 0.160. The van der Waals surface area contributed by atoms with Crippen LogP contribution in [0.15, 0.2) is 24.3 Å². The molecule has 0 bridgehead atoms. The summed E-state index contributed by atoms with van der Waals surface area (Å²) in [5.74, 6) is 0.553. The van der Waals surface area contributed by atoms with E-state index in [9.17, 15) is 4.79 Å². The molecule has 0 radical (unpaired) electrons. The average Bonchev–Trinajstić information content (AvgIpc) is 3.07. The van der Waals surface area contributed by atoms with Crippen molar-refractivity contribution in [2.45, 2.75) is 38.1 Å². The van der Waals surface area contributed by atoms with Gasteiger partial charge in [-0.15, -0.1) is 0 Å². The molecule has 1 unspecified atom stereocenters. The van der Waals surface area contributed by atoms with Gasteiger partial charge in [0.15, 0.2) is 0 Å². The fourth-order valence-corrected chi connectivity index (χ4v) is 4.53. The molecule has 3 aliphatic rings. The van der Waals surface area contributed by atoms with Gasteiger partial charge in [0, 0.05) is 38.1 Å². The number of piperidine rings is 1. The van der Waals surface area contributed by atoms with E-state index in [4.69, 9.17) is 4.74 Å². The van der Waals surface area contributed by atoms with Crippen molar-refractivity contribution in [1.29, 1.82) is 0 Å². The molecule has 0 N–H and O–H groups in total. The molecule has 4 rings (SSSR count). The molecule has 2 aliphatic heterocycles. The molecule has 2 saturated heterocycles. The SMILES string of the molecule is O=C(C1Cc2ccccc2C1)N1CCCCC1CN1CCOCC1. The van der Waals surface area contributed by atoms with Crippen LogP contribution in [-0.4, -0.2) is 61.1 Å².